The number of halogens is 1. The maximum absolute atomic E-state index is 13.5. The summed E-state index contributed by atoms with van der Waals surface area (Å²) in [4.78, 5) is 19.8. The van der Waals surface area contributed by atoms with Crippen LogP contribution in [0.1, 0.15) is 38.8 Å². The molecule has 0 saturated carbocycles. The maximum atomic E-state index is 13.5. The fraction of sp³-hybridized carbons (Fsp3) is 0.444. The van der Waals surface area contributed by atoms with Gasteiger partial charge in [0.1, 0.15) is 10.7 Å². The van der Waals surface area contributed by atoms with Crippen molar-refractivity contribution >= 4 is 17.2 Å². The second-order valence-corrected chi connectivity index (χ2v) is 7.30. The van der Waals surface area contributed by atoms with Gasteiger partial charge in [-0.15, -0.1) is 11.3 Å². The number of aromatic nitrogens is 1. The van der Waals surface area contributed by atoms with Crippen LogP contribution in [0.5, 0.6) is 0 Å². The number of ether oxygens (including phenoxy) is 1. The van der Waals surface area contributed by atoms with Crippen molar-refractivity contribution in [3.8, 4) is 0 Å². The number of carbonyl (C=O) groups excluding carboxylic acids is 1. The molecule has 1 aromatic carbocycles. The van der Waals surface area contributed by atoms with Gasteiger partial charge >= 0.3 is 0 Å². The summed E-state index contributed by atoms with van der Waals surface area (Å²) in [5.41, 5.74) is 1.53. The molecule has 3 rings (SSSR count). The number of benzene rings is 1. The van der Waals surface area contributed by atoms with Crippen LogP contribution in [0.3, 0.4) is 0 Å². The van der Waals surface area contributed by atoms with Gasteiger partial charge in [0, 0.05) is 19.7 Å². The summed E-state index contributed by atoms with van der Waals surface area (Å²) in [6.45, 7) is 5.37. The second kappa shape index (κ2) is 7.40. The molecule has 1 aliphatic heterocycles. The summed E-state index contributed by atoms with van der Waals surface area (Å²) in [6.07, 6.45) is 2.02. The van der Waals surface area contributed by atoms with Crippen LogP contribution in [0.15, 0.2) is 24.3 Å². The van der Waals surface area contributed by atoms with Gasteiger partial charge in [-0.3, -0.25) is 4.79 Å². The van der Waals surface area contributed by atoms with Crippen molar-refractivity contribution in [2.45, 2.75) is 39.3 Å². The molecule has 0 radical (unpaired) electrons. The molecular formula is C18H21FN2O2S. The van der Waals surface area contributed by atoms with Crippen molar-refractivity contribution in [2.24, 2.45) is 0 Å². The van der Waals surface area contributed by atoms with Crippen molar-refractivity contribution < 1.29 is 13.9 Å². The molecule has 4 nitrogen and oxygen atoms in total. The van der Waals surface area contributed by atoms with E-state index in [1.54, 1.807) is 11.0 Å². The lowest BCUT2D eigenvalue weighted by atomic mass is 10.1. The summed E-state index contributed by atoms with van der Waals surface area (Å²) in [5, 5.41) is 0.874. The zero-order valence-electron chi connectivity index (χ0n) is 13.9. The van der Waals surface area contributed by atoms with Crippen molar-refractivity contribution in [3.63, 3.8) is 0 Å². The normalized spacial score (nSPS) is 17.2. The van der Waals surface area contributed by atoms with Gasteiger partial charge in [-0.05, 0) is 44.4 Å². The van der Waals surface area contributed by atoms with E-state index in [1.165, 1.54) is 23.5 Å². The Balaban J connectivity index is 1.83. The van der Waals surface area contributed by atoms with Gasteiger partial charge in [0.2, 0.25) is 0 Å². The average molecular weight is 348 g/mol. The SMILES string of the molecule is Cc1nc(C)c(C(=O)N(Cc2cccc(F)c2)CC2CCCO2)s1. The highest BCUT2D eigenvalue weighted by Crippen LogP contribution is 2.22. The molecule has 0 N–H and O–H groups in total. The van der Waals surface area contributed by atoms with E-state index in [4.69, 9.17) is 4.74 Å². The predicted molar refractivity (Wildman–Crippen MR) is 91.7 cm³/mol. The Morgan fingerprint density at radius 3 is 2.92 bits per heavy atom. The fourth-order valence-corrected chi connectivity index (χ4v) is 3.87. The number of rotatable bonds is 5. The Labute approximate surface area is 145 Å². The number of carbonyl (C=O) groups is 1. The molecule has 1 atom stereocenters. The van der Waals surface area contributed by atoms with E-state index in [9.17, 15) is 9.18 Å². The molecule has 6 heteroatoms. The lowest BCUT2D eigenvalue weighted by Crippen LogP contribution is -2.36. The minimum Gasteiger partial charge on any atom is -0.376 e. The Kier molecular flexibility index (Phi) is 5.26. The van der Waals surface area contributed by atoms with Crippen molar-refractivity contribution in [3.05, 3.63) is 51.2 Å². The highest BCUT2D eigenvalue weighted by Gasteiger charge is 2.26. The molecular weight excluding hydrogens is 327 g/mol. The number of hydrogen-bond acceptors (Lipinski definition) is 4. The van der Waals surface area contributed by atoms with Gasteiger partial charge in [-0.25, -0.2) is 9.37 Å². The van der Waals surface area contributed by atoms with Crippen LogP contribution in [0, 0.1) is 19.7 Å². The predicted octanol–water partition coefficient (Wildman–Crippen LogP) is 3.72. The molecule has 1 unspecified atom stereocenters. The first-order valence-electron chi connectivity index (χ1n) is 8.12. The highest BCUT2D eigenvalue weighted by molar-refractivity contribution is 7.13. The molecule has 0 bridgehead atoms. The second-order valence-electron chi connectivity index (χ2n) is 6.10. The standard InChI is InChI=1S/C18H21FN2O2S/c1-12-17(24-13(2)20-12)18(22)21(11-16-7-4-8-23-16)10-14-5-3-6-15(19)9-14/h3,5-6,9,16H,4,7-8,10-11H2,1-2H3. The van der Waals surface area contributed by atoms with Crippen LogP contribution >= 0.6 is 11.3 Å². The van der Waals surface area contributed by atoms with Gasteiger partial charge in [-0.2, -0.15) is 0 Å². The Morgan fingerprint density at radius 2 is 2.29 bits per heavy atom. The summed E-state index contributed by atoms with van der Waals surface area (Å²) >= 11 is 1.41. The molecule has 128 valence electrons. The lowest BCUT2D eigenvalue weighted by Gasteiger charge is -2.25. The molecule has 0 spiro atoms. The topological polar surface area (TPSA) is 42.4 Å². The molecule has 1 aromatic heterocycles. The van der Waals surface area contributed by atoms with Gasteiger partial charge in [0.25, 0.3) is 5.91 Å². The smallest absolute Gasteiger partial charge is 0.266 e. The number of nitrogens with zero attached hydrogens (tertiary/aromatic N) is 2. The first kappa shape index (κ1) is 17.0. The summed E-state index contributed by atoms with van der Waals surface area (Å²) < 4.78 is 19.2. The first-order chi connectivity index (χ1) is 11.5. The molecule has 1 fully saturated rings. The number of amides is 1. The van der Waals surface area contributed by atoms with E-state index in [2.05, 4.69) is 4.98 Å². The van der Waals surface area contributed by atoms with E-state index in [0.29, 0.717) is 18.0 Å². The molecule has 1 saturated heterocycles. The minimum absolute atomic E-state index is 0.0526. The highest BCUT2D eigenvalue weighted by atomic mass is 32.1. The Bertz CT molecular complexity index is 726. The quantitative estimate of drug-likeness (QED) is 0.827. The largest absolute Gasteiger partial charge is 0.376 e. The number of aryl methyl sites for hydroxylation is 2. The third-order valence-electron chi connectivity index (χ3n) is 4.10. The zero-order chi connectivity index (χ0) is 17.1. The average Bonchev–Trinajstić information content (AvgIpc) is 3.15. The number of hydrogen-bond donors (Lipinski definition) is 0. The van der Waals surface area contributed by atoms with Crippen molar-refractivity contribution in [2.75, 3.05) is 13.2 Å². The molecule has 1 amide bonds. The molecule has 1 aliphatic rings. The molecule has 2 aromatic rings. The van der Waals surface area contributed by atoms with E-state index in [-0.39, 0.29) is 17.8 Å². The maximum Gasteiger partial charge on any atom is 0.266 e. The van der Waals surface area contributed by atoms with Gasteiger partial charge in [0.05, 0.1) is 16.8 Å². The third-order valence-corrected chi connectivity index (χ3v) is 5.16. The summed E-state index contributed by atoms with van der Waals surface area (Å²) in [7, 11) is 0. The van der Waals surface area contributed by atoms with Crippen LogP contribution in [0.2, 0.25) is 0 Å². The summed E-state index contributed by atoms with van der Waals surface area (Å²) in [6, 6.07) is 6.39. The summed E-state index contributed by atoms with van der Waals surface area (Å²) in [5.74, 6) is -0.348. The Hall–Kier alpha value is -1.79. The van der Waals surface area contributed by atoms with Gasteiger partial charge in [0.15, 0.2) is 0 Å². The van der Waals surface area contributed by atoms with Crippen LogP contribution in [-0.2, 0) is 11.3 Å². The lowest BCUT2D eigenvalue weighted by molar-refractivity contribution is 0.0510. The zero-order valence-corrected chi connectivity index (χ0v) is 14.7. The first-order valence-corrected chi connectivity index (χ1v) is 8.94. The van der Waals surface area contributed by atoms with E-state index in [1.807, 2.05) is 19.9 Å². The molecule has 0 aliphatic carbocycles. The fourth-order valence-electron chi connectivity index (χ4n) is 2.98. The van der Waals surface area contributed by atoms with E-state index < -0.39 is 0 Å². The van der Waals surface area contributed by atoms with Crippen LogP contribution in [-0.4, -0.2) is 35.0 Å². The van der Waals surface area contributed by atoms with Crippen LogP contribution in [0.4, 0.5) is 4.39 Å². The van der Waals surface area contributed by atoms with Crippen molar-refractivity contribution in [1.82, 2.24) is 9.88 Å². The molecule has 2 heterocycles. The third kappa shape index (κ3) is 3.99. The molecule has 24 heavy (non-hydrogen) atoms. The van der Waals surface area contributed by atoms with Gasteiger partial charge < -0.3 is 9.64 Å². The Morgan fingerprint density at radius 1 is 1.46 bits per heavy atom. The van der Waals surface area contributed by atoms with Crippen LogP contribution in [0.25, 0.3) is 0 Å². The monoisotopic (exact) mass is 348 g/mol. The van der Waals surface area contributed by atoms with Gasteiger partial charge in [-0.1, -0.05) is 12.1 Å². The number of thiazole rings is 1. The van der Waals surface area contributed by atoms with E-state index in [0.717, 1.165) is 35.7 Å². The van der Waals surface area contributed by atoms with Crippen molar-refractivity contribution in [1.29, 1.82) is 0 Å². The van der Waals surface area contributed by atoms with E-state index >= 15 is 0 Å². The minimum atomic E-state index is -0.290. The van der Waals surface area contributed by atoms with Crippen LogP contribution < -0.4 is 0 Å².